The van der Waals surface area contributed by atoms with E-state index in [-0.39, 0.29) is 5.56 Å². The molecule has 0 aliphatic rings. The van der Waals surface area contributed by atoms with Crippen LogP contribution < -0.4 is 4.72 Å². The van der Waals surface area contributed by atoms with E-state index in [1.54, 1.807) is 4.72 Å². The zero-order valence-corrected chi connectivity index (χ0v) is 9.12. The highest BCUT2D eigenvalue weighted by atomic mass is 32.2. The number of sulfonamides is 1. The summed E-state index contributed by atoms with van der Waals surface area (Å²) in [7, 11) is -4.13. The van der Waals surface area contributed by atoms with Crippen molar-refractivity contribution in [2.24, 2.45) is 0 Å². The second kappa shape index (κ2) is 5.15. The number of alkyl halides is 2. The van der Waals surface area contributed by atoms with Gasteiger partial charge in [0.2, 0.25) is 0 Å². The summed E-state index contributed by atoms with van der Waals surface area (Å²) in [4.78, 5) is 13.8. The van der Waals surface area contributed by atoms with Gasteiger partial charge in [0.25, 0.3) is 16.4 Å². The van der Waals surface area contributed by atoms with Gasteiger partial charge in [-0.2, -0.15) is 0 Å². The fourth-order valence-corrected chi connectivity index (χ4v) is 1.84. The molecule has 0 fully saturated rings. The molecule has 0 aliphatic heterocycles. The molecule has 1 heterocycles. The van der Waals surface area contributed by atoms with Crippen LogP contribution in [0.4, 0.5) is 8.78 Å². The number of nitrogens with one attached hydrogen (secondary N) is 1. The van der Waals surface area contributed by atoms with Gasteiger partial charge in [-0.1, -0.05) is 0 Å². The molecular formula is C8H8F2N2O4S. The molecule has 0 saturated heterocycles. The standard InChI is InChI=1S/C8H8F2N2O4S/c9-6(10)4-12-17(15,16)7-2-1-5(3-11-7)8(13)14/h1-3,6,12H,4H2,(H,13,14). The lowest BCUT2D eigenvalue weighted by Crippen LogP contribution is -2.29. The largest absolute Gasteiger partial charge is 0.478 e. The van der Waals surface area contributed by atoms with Crippen LogP contribution in [0.5, 0.6) is 0 Å². The molecule has 1 rings (SSSR count). The number of carbonyl (C=O) groups is 1. The Kier molecular flexibility index (Phi) is 4.07. The maximum Gasteiger partial charge on any atom is 0.337 e. The van der Waals surface area contributed by atoms with Crippen LogP contribution in [0, 0.1) is 0 Å². The van der Waals surface area contributed by atoms with Gasteiger partial charge in [0.15, 0.2) is 5.03 Å². The maximum absolute atomic E-state index is 11.8. The van der Waals surface area contributed by atoms with Crippen LogP contribution >= 0.6 is 0 Å². The zero-order chi connectivity index (χ0) is 13.1. The van der Waals surface area contributed by atoms with E-state index >= 15 is 0 Å². The van der Waals surface area contributed by atoms with Gasteiger partial charge in [-0.15, -0.1) is 0 Å². The van der Waals surface area contributed by atoms with E-state index in [1.807, 2.05) is 0 Å². The first-order valence-corrected chi connectivity index (χ1v) is 5.78. The summed E-state index contributed by atoms with van der Waals surface area (Å²) in [6.45, 7) is -1.02. The average Bonchev–Trinajstić information content (AvgIpc) is 2.27. The molecule has 94 valence electrons. The first-order chi connectivity index (χ1) is 7.83. The minimum atomic E-state index is -4.13. The van der Waals surface area contributed by atoms with Gasteiger partial charge in [-0.25, -0.2) is 31.7 Å². The molecular weight excluding hydrogens is 258 g/mol. The quantitative estimate of drug-likeness (QED) is 0.800. The SMILES string of the molecule is O=C(O)c1ccc(S(=O)(=O)NCC(F)F)nc1. The van der Waals surface area contributed by atoms with Crippen molar-refractivity contribution >= 4 is 16.0 Å². The molecule has 0 aromatic carbocycles. The monoisotopic (exact) mass is 266 g/mol. The van der Waals surface area contributed by atoms with Gasteiger partial charge >= 0.3 is 5.97 Å². The molecule has 0 atom stereocenters. The highest BCUT2D eigenvalue weighted by Crippen LogP contribution is 2.07. The van der Waals surface area contributed by atoms with Crippen molar-refractivity contribution in [3.8, 4) is 0 Å². The normalized spacial score (nSPS) is 11.7. The summed E-state index contributed by atoms with van der Waals surface area (Å²) < 4.78 is 48.0. The fourth-order valence-electron chi connectivity index (χ4n) is 0.912. The summed E-state index contributed by atoms with van der Waals surface area (Å²) in [5.74, 6) is -1.26. The van der Waals surface area contributed by atoms with Gasteiger partial charge in [-0.3, -0.25) is 0 Å². The Balaban J connectivity index is 2.89. The van der Waals surface area contributed by atoms with Gasteiger partial charge in [-0.05, 0) is 12.1 Å². The predicted octanol–water partition coefficient (Wildman–Crippen LogP) is 0.323. The molecule has 0 amide bonds. The number of carboxylic acid groups (broad SMARTS) is 1. The molecule has 1 aromatic rings. The van der Waals surface area contributed by atoms with Crippen LogP contribution in [-0.4, -0.2) is 37.4 Å². The lowest BCUT2D eigenvalue weighted by atomic mass is 10.3. The van der Waals surface area contributed by atoms with E-state index in [1.165, 1.54) is 0 Å². The lowest BCUT2D eigenvalue weighted by Gasteiger charge is -2.05. The molecule has 6 nitrogen and oxygen atoms in total. The van der Waals surface area contributed by atoms with Gasteiger partial charge in [0.1, 0.15) is 0 Å². The highest BCUT2D eigenvalue weighted by Gasteiger charge is 2.18. The lowest BCUT2D eigenvalue weighted by molar-refractivity contribution is 0.0696. The van der Waals surface area contributed by atoms with Crippen LogP contribution in [0.25, 0.3) is 0 Å². The number of hydrogen-bond donors (Lipinski definition) is 2. The van der Waals surface area contributed by atoms with E-state index in [0.29, 0.717) is 0 Å². The molecule has 1 aromatic heterocycles. The second-order valence-electron chi connectivity index (χ2n) is 2.93. The van der Waals surface area contributed by atoms with Gasteiger partial charge < -0.3 is 5.11 Å². The maximum atomic E-state index is 11.8. The number of carboxylic acids is 1. The molecule has 0 radical (unpaired) electrons. The van der Waals surface area contributed by atoms with Crippen LogP contribution in [0.2, 0.25) is 0 Å². The van der Waals surface area contributed by atoms with Crippen molar-refractivity contribution in [2.45, 2.75) is 11.5 Å². The highest BCUT2D eigenvalue weighted by molar-refractivity contribution is 7.89. The summed E-state index contributed by atoms with van der Waals surface area (Å²) >= 11 is 0. The minimum absolute atomic E-state index is 0.196. The van der Waals surface area contributed by atoms with Crippen molar-refractivity contribution in [1.82, 2.24) is 9.71 Å². The Hall–Kier alpha value is -1.61. The Morgan fingerprint density at radius 2 is 2.12 bits per heavy atom. The van der Waals surface area contributed by atoms with Crippen LogP contribution in [0.15, 0.2) is 23.4 Å². The summed E-state index contributed by atoms with van der Waals surface area (Å²) in [5, 5.41) is 8.04. The van der Waals surface area contributed by atoms with Crippen LogP contribution in [0.1, 0.15) is 10.4 Å². The van der Waals surface area contributed by atoms with Gasteiger partial charge in [0.05, 0.1) is 12.1 Å². The smallest absolute Gasteiger partial charge is 0.337 e. The Bertz CT molecular complexity index is 501. The van der Waals surface area contributed by atoms with Crippen LogP contribution in [-0.2, 0) is 10.0 Å². The Morgan fingerprint density at radius 1 is 1.47 bits per heavy atom. The number of halogens is 2. The minimum Gasteiger partial charge on any atom is -0.478 e. The first-order valence-electron chi connectivity index (χ1n) is 4.30. The third-order valence-corrected chi connectivity index (χ3v) is 3.03. The van der Waals surface area contributed by atoms with Crippen molar-refractivity contribution in [1.29, 1.82) is 0 Å². The molecule has 0 saturated carbocycles. The number of hydrogen-bond acceptors (Lipinski definition) is 4. The topological polar surface area (TPSA) is 96.4 Å². The van der Waals surface area contributed by atoms with E-state index in [2.05, 4.69) is 4.98 Å². The first kappa shape index (κ1) is 13.5. The molecule has 0 spiro atoms. The molecule has 0 aliphatic carbocycles. The molecule has 2 N–H and O–H groups in total. The number of rotatable bonds is 5. The fraction of sp³-hybridized carbons (Fsp3) is 0.250. The Labute approximate surface area is 95.3 Å². The number of nitrogens with zero attached hydrogens (tertiary/aromatic N) is 1. The number of pyridine rings is 1. The number of aromatic carboxylic acids is 1. The molecule has 17 heavy (non-hydrogen) atoms. The molecule has 9 heteroatoms. The van der Waals surface area contributed by atoms with E-state index < -0.39 is 34.0 Å². The molecule has 0 bridgehead atoms. The summed E-state index contributed by atoms with van der Waals surface area (Å²) in [6.07, 6.45) is -1.98. The second-order valence-corrected chi connectivity index (χ2v) is 4.65. The Morgan fingerprint density at radius 3 is 2.53 bits per heavy atom. The van der Waals surface area contributed by atoms with Crippen molar-refractivity contribution in [2.75, 3.05) is 6.54 Å². The van der Waals surface area contributed by atoms with E-state index in [0.717, 1.165) is 18.3 Å². The van der Waals surface area contributed by atoms with Crippen molar-refractivity contribution in [3.63, 3.8) is 0 Å². The predicted molar refractivity (Wildman–Crippen MR) is 52.4 cm³/mol. The van der Waals surface area contributed by atoms with E-state index in [9.17, 15) is 22.0 Å². The van der Waals surface area contributed by atoms with Gasteiger partial charge in [0, 0.05) is 6.20 Å². The van der Waals surface area contributed by atoms with E-state index in [4.69, 9.17) is 5.11 Å². The zero-order valence-electron chi connectivity index (χ0n) is 8.30. The number of aromatic nitrogens is 1. The average molecular weight is 266 g/mol. The third kappa shape index (κ3) is 3.71. The van der Waals surface area contributed by atoms with Crippen molar-refractivity contribution < 1.29 is 27.1 Å². The summed E-state index contributed by atoms with van der Waals surface area (Å²) in [6, 6.07) is 1.95. The van der Waals surface area contributed by atoms with Crippen molar-refractivity contribution in [3.05, 3.63) is 23.9 Å². The molecule has 0 unspecified atom stereocenters. The van der Waals surface area contributed by atoms with Crippen LogP contribution in [0.3, 0.4) is 0 Å². The summed E-state index contributed by atoms with van der Waals surface area (Å²) in [5.41, 5.74) is -0.196. The third-order valence-electron chi connectivity index (χ3n) is 1.69.